The molecule has 2 rings (SSSR count). The van der Waals surface area contributed by atoms with Crippen LogP contribution in [0.3, 0.4) is 0 Å². The molecular weight excluding hydrogens is 272 g/mol. The summed E-state index contributed by atoms with van der Waals surface area (Å²) in [5.74, 6) is 0.685. The van der Waals surface area contributed by atoms with Crippen molar-refractivity contribution in [3.8, 4) is 5.75 Å². The summed E-state index contributed by atoms with van der Waals surface area (Å²) in [7, 11) is 0. The number of nitrogens with one attached hydrogen (secondary N) is 1. The minimum absolute atomic E-state index is 0.0838. The molecule has 0 fully saturated rings. The lowest BCUT2D eigenvalue weighted by Crippen LogP contribution is -2.08. The number of nitrogens with two attached hydrogens (primary N) is 1. The zero-order valence-electron chi connectivity index (χ0n) is 11.9. The van der Waals surface area contributed by atoms with E-state index in [1.165, 1.54) is 0 Å². The SMILES string of the molecule is Cc1c(Cl)cccc1Nc1cccc(OC(C)C)c1N. The van der Waals surface area contributed by atoms with Crippen LogP contribution in [0, 0.1) is 6.92 Å². The maximum atomic E-state index is 6.15. The summed E-state index contributed by atoms with van der Waals surface area (Å²) in [6.07, 6.45) is 0.0838. The molecule has 0 saturated carbocycles. The van der Waals surface area contributed by atoms with E-state index in [9.17, 15) is 0 Å². The van der Waals surface area contributed by atoms with E-state index in [0.29, 0.717) is 11.4 Å². The highest BCUT2D eigenvalue weighted by molar-refractivity contribution is 6.31. The van der Waals surface area contributed by atoms with E-state index in [0.717, 1.165) is 22.0 Å². The fourth-order valence-corrected chi connectivity index (χ4v) is 2.07. The van der Waals surface area contributed by atoms with Crippen LogP contribution >= 0.6 is 11.6 Å². The van der Waals surface area contributed by atoms with Crippen LogP contribution in [-0.2, 0) is 0 Å². The Morgan fingerprint density at radius 2 is 1.75 bits per heavy atom. The normalized spacial score (nSPS) is 10.7. The number of rotatable bonds is 4. The second-order valence-electron chi connectivity index (χ2n) is 4.92. The van der Waals surface area contributed by atoms with Crippen molar-refractivity contribution in [2.45, 2.75) is 26.9 Å². The Morgan fingerprint density at radius 3 is 2.45 bits per heavy atom. The molecule has 0 spiro atoms. The van der Waals surface area contributed by atoms with Crippen LogP contribution in [0.25, 0.3) is 0 Å². The van der Waals surface area contributed by atoms with Crippen LogP contribution in [0.5, 0.6) is 5.75 Å². The van der Waals surface area contributed by atoms with E-state index in [1.54, 1.807) is 0 Å². The Balaban J connectivity index is 2.32. The Bertz CT molecular complexity index is 611. The summed E-state index contributed by atoms with van der Waals surface area (Å²) < 4.78 is 5.69. The Hall–Kier alpha value is -1.87. The highest BCUT2D eigenvalue weighted by atomic mass is 35.5. The fourth-order valence-electron chi connectivity index (χ4n) is 1.90. The predicted molar refractivity (Wildman–Crippen MR) is 86.1 cm³/mol. The molecule has 0 unspecified atom stereocenters. The molecule has 20 heavy (non-hydrogen) atoms. The summed E-state index contributed by atoms with van der Waals surface area (Å²) in [5.41, 5.74) is 9.48. The van der Waals surface area contributed by atoms with Gasteiger partial charge < -0.3 is 15.8 Å². The zero-order valence-corrected chi connectivity index (χ0v) is 12.7. The van der Waals surface area contributed by atoms with Gasteiger partial charge in [-0.25, -0.2) is 0 Å². The molecule has 0 saturated heterocycles. The Labute approximate surface area is 124 Å². The molecule has 0 radical (unpaired) electrons. The van der Waals surface area contributed by atoms with Crippen molar-refractivity contribution in [1.82, 2.24) is 0 Å². The fraction of sp³-hybridized carbons (Fsp3) is 0.250. The summed E-state index contributed by atoms with van der Waals surface area (Å²) in [6.45, 7) is 5.91. The second kappa shape index (κ2) is 6.06. The van der Waals surface area contributed by atoms with Crippen LogP contribution in [0.4, 0.5) is 17.1 Å². The monoisotopic (exact) mass is 290 g/mol. The molecule has 3 nitrogen and oxygen atoms in total. The van der Waals surface area contributed by atoms with E-state index >= 15 is 0 Å². The molecular formula is C16H19ClN2O. The van der Waals surface area contributed by atoms with Crippen LogP contribution in [-0.4, -0.2) is 6.10 Å². The summed E-state index contributed by atoms with van der Waals surface area (Å²) in [5, 5.41) is 4.03. The van der Waals surface area contributed by atoms with Crippen molar-refractivity contribution in [2.75, 3.05) is 11.1 Å². The average molecular weight is 291 g/mol. The lowest BCUT2D eigenvalue weighted by molar-refractivity contribution is 0.244. The Kier molecular flexibility index (Phi) is 4.40. The molecule has 3 N–H and O–H groups in total. The molecule has 0 aliphatic rings. The van der Waals surface area contributed by atoms with Gasteiger partial charge in [0.2, 0.25) is 0 Å². The molecule has 2 aromatic carbocycles. The average Bonchev–Trinajstić information content (AvgIpc) is 2.39. The number of halogens is 1. The van der Waals surface area contributed by atoms with Crippen LogP contribution in [0.2, 0.25) is 5.02 Å². The first kappa shape index (κ1) is 14.5. The summed E-state index contributed by atoms with van der Waals surface area (Å²) >= 11 is 6.12. The molecule has 0 amide bonds. The van der Waals surface area contributed by atoms with Gasteiger partial charge in [-0.05, 0) is 50.6 Å². The van der Waals surface area contributed by atoms with Crippen LogP contribution in [0.15, 0.2) is 36.4 Å². The van der Waals surface area contributed by atoms with Crippen molar-refractivity contribution in [1.29, 1.82) is 0 Å². The van der Waals surface area contributed by atoms with Gasteiger partial charge in [0.15, 0.2) is 0 Å². The van der Waals surface area contributed by atoms with Gasteiger partial charge in [0.05, 0.1) is 17.5 Å². The van der Waals surface area contributed by atoms with Gasteiger partial charge in [0.25, 0.3) is 0 Å². The number of para-hydroxylation sites is 1. The minimum atomic E-state index is 0.0838. The molecule has 0 atom stereocenters. The van der Waals surface area contributed by atoms with Gasteiger partial charge in [0.1, 0.15) is 5.75 Å². The molecule has 2 aromatic rings. The third-order valence-corrected chi connectivity index (χ3v) is 3.38. The minimum Gasteiger partial charge on any atom is -0.489 e. The molecule has 0 aromatic heterocycles. The van der Waals surface area contributed by atoms with E-state index in [2.05, 4.69) is 5.32 Å². The number of hydrogen-bond acceptors (Lipinski definition) is 3. The number of anilines is 3. The van der Waals surface area contributed by atoms with Crippen LogP contribution in [0.1, 0.15) is 19.4 Å². The molecule has 0 aliphatic carbocycles. The number of benzene rings is 2. The molecule has 4 heteroatoms. The third-order valence-electron chi connectivity index (χ3n) is 2.97. The smallest absolute Gasteiger partial charge is 0.144 e. The van der Waals surface area contributed by atoms with Gasteiger partial charge >= 0.3 is 0 Å². The first-order chi connectivity index (χ1) is 9.49. The second-order valence-corrected chi connectivity index (χ2v) is 5.33. The topological polar surface area (TPSA) is 47.3 Å². The summed E-state index contributed by atoms with van der Waals surface area (Å²) in [4.78, 5) is 0. The van der Waals surface area contributed by atoms with Crippen molar-refractivity contribution in [3.63, 3.8) is 0 Å². The van der Waals surface area contributed by atoms with Gasteiger partial charge in [-0.15, -0.1) is 0 Å². The predicted octanol–water partition coefficient (Wildman–Crippen LogP) is 4.76. The highest BCUT2D eigenvalue weighted by Gasteiger charge is 2.09. The first-order valence-electron chi connectivity index (χ1n) is 6.56. The standard InChI is InChI=1S/C16H19ClN2O/c1-10(2)20-15-9-5-8-14(16(15)18)19-13-7-4-6-12(17)11(13)3/h4-10,19H,18H2,1-3H3. The van der Waals surface area contributed by atoms with Crippen molar-refractivity contribution in [2.24, 2.45) is 0 Å². The highest BCUT2D eigenvalue weighted by Crippen LogP contribution is 2.34. The molecule has 0 aliphatic heterocycles. The van der Waals surface area contributed by atoms with Gasteiger partial charge in [-0.3, -0.25) is 0 Å². The van der Waals surface area contributed by atoms with Crippen molar-refractivity contribution >= 4 is 28.7 Å². The number of ether oxygens (including phenoxy) is 1. The van der Waals surface area contributed by atoms with Crippen molar-refractivity contribution < 1.29 is 4.74 Å². The molecule has 0 bridgehead atoms. The third kappa shape index (κ3) is 3.17. The van der Waals surface area contributed by atoms with Crippen LogP contribution < -0.4 is 15.8 Å². The van der Waals surface area contributed by atoms with Gasteiger partial charge in [0, 0.05) is 10.7 Å². The van der Waals surface area contributed by atoms with Gasteiger partial charge in [-0.1, -0.05) is 23.7 Å². The quantitative estimate of drug-likeness (QED) is 0.798. The van der Waals surface area contributed by atoms with Gasteiger partial charge in [-0.2, -0.15) is 0 Å². The van der Waals surface area contributed by atoms with Crippen molar-refractivity contribution in [3.05, 3.63) is 47.0 Å². The lowest BCUT2D eigenvalue weighted by atomic mass is 10.1. The maximum Gasteiger partial charge on any atom is 0.144 e. The molecule has 106 valence electrons. The maximum absolute atomic E-state index is 6.15. The number of nitrogen functional groups attached to an aromatic ring is 1. The Morgan fingerprint density at radius 1 is 1.10 bits per heavy atom. The lowest BCUT2D eigenvalue weighted by Gasteiger charge is -2.17. The first-order valence-corrected chi connectivity index (χ1v) is 6.94. The number of hydrogen-bond donors (Lipinski definition) is 2. The molecule has 0 heterocycles. The van der Waals surface area contributed by atoms with E-state index in [4.69, 9.17) is 22.1 Å². The zero-order chi connectivity index (χ0) is 14.7. The van der Waals surface area contributed by atoms with E-state index < -0.39 is 0 Å². The largest absolute Gasteiger partial charge is 0.489 e. The van der Waals surface area contributed by atoms with E-state index in [1.807, 2.05) is 57.2 Å². The summed E-state index contributed by atoms with van der Waals surface area (Å²) in [6, 6.07) is 11.4. The van der Waals surface area contributed by atoms with E-state index in [-0.39, 0.29) is 6.10 Å².